The molecule has 5 aromatic carbocycles. The Morgan fingerprint density at radius 2 is 0.957 bits per heavy atom. The number of nitrogens with zero attached hydrogens (tertiary/aromatic N) is 1. The van der Waals surface area contributed by atoms with E-state index in [0.717, 1.165) is 16.0 Å². The minimum absolute atomic E-state index is 0.0437. The molecule has 4 atom stereocenters. The first-order valence-corrected chi connectivity index (χ1v) is 15.2. The van der Waals surface area contributed by atoms with Gasteiger partial charge in [0.15, 0.2) is 5.78 Å². The highest BCUT2D eigenvalue weighted by molar-refractivity contribution is 6.39. The minimum Gasteiger partial charge on any atom is -0.478 e. The van der Waals surface area contributed by atoms with Crippen molar-refractivity contribution < 1.29 is 24.3 Å². The van der Waals surface area contributed by atoms with Gasteiger partial charge in [-0.3, -0.25) is 14.4 Å². The third kappa shape index (κ3) is 3.41. The molecule has 222 valence electrons. The number of hydrogen-bond donors (Lipinski definition) is 1. The van der Waals surface area contributed by atoms with Crippen LogP contribution < -0.4 is 4.90 Å². The Morgan fingerprint density at radius 3 is 1.37 bits per heavy atom. The van der Waals surface area contributed by atoms with Crippen LogP contribution in [0.4, 0.5) is 5.69 Å². The Bertz CT molecular complexity index is 1970. The normalized spacial score (nSPS) is 24.9. The number of ketones is 1. The second-order valence-electron chi connectivity index (χ2n) is 12.0. The number of rotatable bonds is 6. The molecular weight excluding hydrogens is 574 g/mol. The Hall–Kier alpha value is -5.88. The summed E-state index contributed by atoms with van der Waals surface area (Å²) in [6.07, 6.45) is 0. The van der Waals surface area contributed by atoms with Crippen LogP contribution in [-0.4, -0.2) is 28.7 Å². The summed E-state index contributed by atoms with van der Waals surface area (Å²) in [5.74, 6) is -4.57. The molecule has 2 amide bonds. The van der Waals surface area contributed by atoms with Gasteiger partial charge in [0.05, 0.1) is 33.9 Å². The third-order valence-electron chi connectivity index (χ3n) is 9.93. The predicted molar refractivity (Wildman–Crippen MR) is 174 cm³/mol. The molecule has 1 N–H and O–H groups in total. The van der Waals surface area contributed by atoms with E-state index in [0.29, 0.717) is 22.3 Å². The van der Waals surface area contributed by atoms with Gasteiger partial charge in [-0.1, -0.05) is 127 Å². The first-order valence-electron chi connectivity index (χ1n) is 15.2. The topological polar surface area (TPSA) is 91.8 Å². The van der Waals surface area contributed by atoms with E-state index in [4.69, 9.17) is 0 Å². The van der Waals surface area contributed by atoms with Crippen molar-refractivity contribution in [1.29, 1.82) is 0 Å². The number of hydrogen-bond acceptors (Lipinski definition) is 4. The van der Waals surface area contributed by atoms with Crippen molar-refractivity contribution in [3.63, 3.8) is 0 Å². The number of fused-ring (bicyclic) bond motifs is 5. The monoisotopic (exact) mass is 601 g/mol. The van der Waals surface area contributed by atoms with Crippen molar-refractivity contribution in [2.75, 3.05) is 4.90 Å². The van der Waals surface area contributed by atoms with Crippen molar-refractivity contribution in [1.82, 2.24) is 0 Å². The van der Waals surface area contributed by atoms with E-state index in [2.05, 4.69) is 0 Å². The Morgan fingerprint density at radius 1 is 0.543 bits per heavy atom. The van der Waals surface area contributed by atoms with Crippen molar-refractivity contribution in [3.8, 4) is 0 Å². The number of allylic oxidation sites excluding steroid dienone is 2. The zero-order valence-electron chi connectivity index (χ0n) is 24.5. The number of anilines is 1. The van der Waals surface area contributed by atoms with Crippen LogP contribution in [0, 0.1) is 11.8 Å². The average molecular weight is 602 g/mol. The van der Waals surface area contributed by atoms with E-state index in [-0.39, 0.29) is 17.0 Å². The Kier molecular flexibility index (Phi) is 6.06. The largest absolute Gasteiger partial charge is 0.478 e. The van der Waals surface area contributed by atoms with Gasteiger partial charge in [0.2, 0.25) is 11.8 Å². The van der Waals surface area contributed by atoms with Gasteiger partial charge >= 0.3 is 5.97 Å². The molecule has 8 rings (SSSR count). The second-order valence-corrected chi connectivity index (χ2v) is 12.0. The number of imide groups is 1. The standard InChI is InChI=1S/C40H27NO5/c42-35-33-34(36(43)41(35)30-23-13-18-27(24-30)37(44)45)40(29-21-11-4-12-22-29)32(26-16-7-2-8-17-26)31(25-14-5-1-6-15-25)39(33,38(40)46)28-19-9-3-10-20-28/h1-24,33-34H,(H,44,45)/t33-,34-,39-,40-/m1/s1. The van der Waals surface area contributed by atoms with Crippen molar-refractivity contribution in [3.05, 3.63) is 173 Å². The van der Waals surface area contributed by atoms with Gasteiger partial charge in [-0.05, 0) is 51.6 Å². The number of carboxylic acids is 1. The number of Topliss-reactive ketones (excluding diaryl/α,β-unsaturated/α-hetero) is 1. The first kappa shape index (κ1) is 27.7. The van der Waals surface area contributed by atoms with Crippen LogP contribution in [-0.2, 0) is 25.2 Å². The van der Waals surface area contributed by atoms with Crippen molar-refractivity contribution in [2.24, 2.45) is 11.8 Å². The van der Waals surface area contributed by atoms with E-state index in [1.807, 2.05) is 121 Å². The van der Waals surface area contributed by atoms with Crippen molar-refractivity contribution in [2.45, 2.75) is 10.8 Å². The van der Waals surface area contributed by atoms with E-state index >= 15 is 4.79 Å². The highest BCUT2D eigenvalue weighted by Gasteiger charge is 2.82. The molecule has 46 heavy (non-hydrogen) atoms. The number of carbonyl (C=O) groups excluding carboxylic acids is 3. The lowest BCUT2D eigenvalue weighted by atomic mass is 9.59. The summed E-state index contributed by atoms with van der Waals surface area (Å²) >= 11 is 0. The van der Waals surface area contributed by atoms with Crippen LogP contribution >= 0.6 is 0 Å². The van der Waals surface area contributed by atoms with Crippen LogP contribution in [0.3, 0.4) is 0 Å². The zero-order valence-corrected chi connectivity index (χ0v) is 24.5. The second kappa shape index (κ2) is 10.1. The van der Waals surface area contributed by atoms with Crippen LogP contribution in [0.5, 0.6) is 0 Å². The molecule has 6 nitrogen and oxygen atoms in total. The third-order valence-corrected chi connectivity index (χ3v) is 9.93. The lowest BCUT2D eigenvalue weighted by Gasteiger charge is -2.39. The van der Waals surface area contributed by atoms with Crippen molar-refractivity contribution >= 4 is 40.4 Å². The molecule has 0 unspecified atom stereocenters. The quantitative estimate of drug-likeness (QED) is 0.222. The smallest absolute Gasteiger partial charge is 0.335 e. The molecule has 3 aliphatic rings. The lowest BCUT2D eigenvalue weighted by Crippen LogP contribution is -2.45. The van der Waals surface area contributed by atoms with E-state index in [9.17, 15) is 19.5 Å². The molecule has 0 spiro atoms. The number of carboxylic acid groups (broad SMARTS) is 1. The molecule has 2 bridgehead atoms. The van der Waals surface area contributed by atoms with Gasteiger partial charge in [0, 0.05) is 0 Å². The van der Waals surface area contributed by atoms with Crippen LogP contribution in [0.2, 0.25) is 0 Å². The summed E-state index contributed by atoms with van der Waals surface area (Å²) in [6, 6.07) is 43.8. The van der Waals surface area contributed by atoms with Gasteiger partial charge in [-0.25, -0.2) is 9.69 Å². The SMILES string of the molecule is O=C(O)c1cccc(N2C(=O)[C@H]3[C@H](C2=O)[C@]2(c4ccccc4)C(=O)[C@]3(c3ccccc3)C(c3ccccc3)=C2c2ccccc2)c1. The summed E-state index contributed by atoms with van der Waals surface area (Å²) in [7, 11) is 0. The number of amides is 2. The van der Waals surface area contributed by atoms with E-state index in [1.165, 1.54) is 18.2 Å². The molecule has 0 aromatic heterocycles. The van der Waals surface area contributed by atoms with Gasteiger partial charge in [0.1, 0.15) is 0 Å². The summed E-state index contributed by atoms with van der Waals surface area (Å²) in [5, 5.41) is 9.74. The van der Waals surface area contributed by atoms with Gasteiger partial charge in [-0.2, -0.15) is 0 Å². The highest BCUT2D eigenvalue weighted by Crippen LogP contribution is 2.74. The van der Waals surface area contributed by atoms with Gasteiger partial charge < -0.3 is 5.11 Å². The molecule has 6 heteroatoms. The van der Waals surface area contributed by atoms with E-state index in [1.54, 1.807) is 6.07 Å². The molecule has 2 aliphatic carbocycles. The molecule has 1 saturated carbocycles. The number of carbonyl (C=O) groups is 4. The molecule has 1 heterocycles. The number of benzene rings is 5. The summed E-state index contributed by atoms with van der Waals surface area (Å²) in [4.78, 5) is 58.8. The maximum absolute atomic E-state index is 15.8. The molecule has 5 aromatic rings. The fourth-order valence-corrected chi connectivity index (χ4v) is 8.37. The Labute approximate surface area is 265 Å². The molecule has 0 radical (unpaired) electrons. The predicted octanol–water partition coefficient (Wildman–Crippen LogP) is 6.57. The fourth-order valence-electron chi connectivity index (χ4n) is 8.37. The maximum Gasteiger partial charge on any atom is 0.335 e. The molecule has 1 saturated heterocycles. The van der Waals surface area contributed by atoms with Gasteiger partial charge in [-0.15, -0.1) is 0 Å². The van der Waals surface area contributed by atoms with Crippen LogP contribution in [0.25, 0.3) is 11.1 Å². The summed E-state index contributed by atoms with van der Waals surface area (Å²) in [6.45, 7) is 0. The highest BCUT2D eigenvalue weighted by atomic mass is 16.4. The Balaban J connectivity index is 1.53. The van der Waals surface area contributed by atoms with Gasteiger partial charge in [0.25, 0.3) is 0 Å². The lowest BCUT2D eigenvalue weighted by molar-refractivity contribution is -0.130. The number of aromatic carboxylic acids is 1. The fraction of sp³-hybridized carbons (Fsp3) is 0.100. The molecule has 2 fully saturated rings. The van der Waals surface area contributed by atoms with Crippen LogP contribution in [0.1, 0.15) is 32.6 Å². The summed E-state index contributed by atoms with van der Waals surface area (Å²) < 4.78 is 0. The van der Waals surface area contributed by atoms with Crippen LogP contribution in [0.15, 0.2) is 146 Å². The zero-order chi connectivity index (χ0) is 31.6. The minimum atomic E-state index is -1.51. The maximum atomic E-state index is 15.8. The average Bonchev–Trinajstić information content (AvgIpc) is 3.62. The van der Waals surface area contributed by atoms with E-state index < -0.39 is 40.4 Å². The molecular formula is C40H27NO5. The summed E-state index contributed by atoms with van der Waals surface area (Å²) in [5.41, 5.74) is 1.39. The first-order chi connectivity index (χ1) is 22.4. The molecule has 1 aliphatic heterocycles.